The highest BCUT2D eigenvalue weighted by molar-refractivity contribution is 5.79. The molecule has 1 amide bonds. The van der Waals surface area contributed by atoms with Gasteiger partial charge in [-0.3, -0.25) is 26.1 Å². The van der Waals surface area contributed by atoms with Gasteiger partial charge in [-0.15, -0.1) is 0 Å². The second-order valence-corrected chi connectivity index (χ2v) is 11.6. The van der Waals surface area contributed by atoms with E-state index in [2.05, 4.69) is 38.8 Å². The molecule has 9 unspecified atom stereocenters. The van der Waals surface area contributed by atoms with Crippen LogP contribution >= 0.6 is 0 Å². The smallest absolute Gasteiger partial charge is 0.223 e. The van der Waals surface area contributed by atoms with E-state index in [0.29, 0.717) is 24.6 Å². The molecule has 9 heteroatoms. The van der Waals surface area contributed by atoms with Crippen molar-refractivity contribution in [3.05, 3.63) is 0 Å². The van der Waals surface area contributed by atoms with Gasteiger partial charge in [0, 0.05) is 30.7 Å². The molecule has 0 aromatic carbocycles. The lowest BCUT2D eigenvalue weighted by Gasteiger charge is -2.43. The molecule has 1 aliphatic carbocycles. The largest absolute Gasteiger partial charge is 0.379 e. The first-order valence-corrected chi connectivity index (χ1v) is 14.4. The molecule has 9 atom stereocenters. The van der Waals surface area contributed by atoms with E-state index >= 15 is 0 Å². The number of amides is 1. The van der Waals surface area contributed by atoms with Gasteiger partial charge in [0.15, 0.2) is 0 Å². The van der Waals surface area contributed by atoms with Crippen molar-refractivity contribution in [3.63, 3.8) is 0 Å². The van der Waals surface area contributed by atoms with Gasteiger partial charge in [0.25, 0.3) is 0 Å². The van der Waals surface area contributed by atoms with Gasteiger partial charge in [-0.1, -0.05) is 6.92 Å². The van der Waals surface area contributed by atoms with Gasteiger partial charge < -0.3 is 20.1 Å². The Bertz CT molecular complexity index is 671. The normalized spacial score (nSPS) is 43.1. The van der Waals surface area contributed by atoms with Gasteiger partial charge >= 0.3 is 0 Å². The van der Waals surface area contributed by atoms with E-state index in [1.165, 1.54) is 19.3 Å². The third-order valence-corrected chi connectivity index (χ3v) is 8.99. The fraction of sp³-hybridized carbons (Fsp3) is 0.962. The fourth-order valence-electron chi connectivity index (χ4n) is 6.73. The number of ether oxygens (including phenoxy) is 2. The summed E-state index contributed by atoms with van der Waals surface area (Å²) in [6, 6.07) is 1.21. The molecule has 6 N–H and O–H groups in total. The molecule has 4 aliphatic heterocycles. The summed E-state index contributed by atoms with van der Waals surface area (Å²) in [5.74, 6) is 1.57. The Balaban J connectivity index is 1.08. The van der Waals surface area contributed by atoms with Crippen molar-refractivity contribution < 1.29 is 14.3 Å². The summed E-state index contributed by atoms with van der Waals surface area (Å²) in [4.78, 5) is 13.2. The van der Waals surface area contributed by atoms with Crippen LogP contribution in [0.5, 0.6) is 0 Å². The van der Waals surface area contributed by atoms with Crippen LogP contribution in [0.25, 0.3) is 0 Å². The summed E-state index contributed by atoms with van der Waals surface area (Å²) in [6.45, 7) is 7.99. The van der Waals surface area contributed by atoms with E-state index in [-0.39, 0.29) is 36.5 Å². The highest BCUT2D eigenvalue weighted by atomic mass is 16.6. The van der Waals surface area contributed by atoms with Gasteiger partial charge in [0.1, 0.15) is 12.5 Å². The van der Waals surface area contributed by atoms with Crippen LogP contribution in [0.1, 0.15) is 64.7 Å². The minimum atomic E-state index is -0.0391. The van der Waals surface area contributed by atoms with Crippen LogP contribution in [-0.4, -0.2) is 82.0 Å². The minimum absolute atomic E-state index is 0.0286. The Labute approximate surface area is 211 Å². The first-order chi connectivity index (χ1) is 17.1. The van der Waals surface area contributed by atoms with Gasteiger partial charge in [0.2, 0.25) is 5.91 Å². The highest BCUT2D eigenvalue weighted by Crippen LogP contribution is 2.27. The van der Waals surface area contributed by atoms with Gasteiger partial charge in [-0.2, -0.15) is 0 Å². The van der Waals surface area contributed by atoms with Crippen LogP contribution in [0, 0.1) is 17.8 Å². The van der Waals surface area contributed by atoms with Crippen molar-refractivity contribution in [2.24, 2.45) is 17.8 Å². The Morgan fingerprint density at radius 3 is 2.74 bits per heavy atom. The standard InChI is InChI=1S/C26H48N6O3/c1-17-4-5-20(30-25(33)18-6-10-28-24(13-18)35-21-8-12-34-16-21)14-23(17)32-26-29-11-7-22(31-26)19-3-2-9-27-15-19/h17-24,26-29,31-32H,2-16H2,1H3,(H,30,33). The van der Waals surface area contributed by atoms with Crippen LogP contribution in [0.3, 0.4) is 0 Å². The molecule has 0 aromatic heterocycles. The van der Waals surface area contributed by atoms with Crippen LogP contribution in [0.15, 0.2) is 0 Å². The SMILES string of the molecule is CC1CCC(NC(=O)C2CCNC(OC3CCOC3)C2)CC1NC1NCCC(C2CCCNC2)N1. The van der Waals surface area contributed by atoms with E-state index in [0.717, 1.165) is 77.2 Å². The molecule has 0 radical (unpaired) electrons. The van der Waals surface area contributed by atoms with Crippen LogP contribution < -0.4 is 31.9 Å². The lowest BCUT2D eigenvalue weighted by atomic mass is 9.82. The Morgan fingerprint density at radius 2 is 1.91 bits per heavy atom. The van der Waals surface area contributed by atoms with Crippen LogP contribution in [0.4, 0.5) is 0 Å². The molecule has 5 fully saturated rings. The first kappa shape index (κ1) is 25.8. The maximum Gasteiger partial charge on any atom is 0.223 e. The Morgan fingerprint density at radius 1 is 1.00 bits per heavy atom. The lowest BCUT2D eigenvalue weighted by molar-refractivity contribution is -0.130. The highest BCUT2D eigenvalue weighted by Gasteiger charge is 2.35. The lowest BCUT2D eigenvalue weighted by Crippen LogP contribution is -2.66. The summed E-state index contributed by atoms with van der Waals surface area (Å²) in [6.07, 6.45) is 9.86. The number of carbonyl (C=O) groups is 1. The molecular weight excluding hydrogens is 444 g/mol. The molecular formula is C26H48N6O3. The van der Waals surface area contributed by atoms with Crippen molar-refractivity contribution in [2.75, 3.05) is 39.4 Å². The zero-order valence-corrected chi connectivity index (χ0v) is 21.5. The van der Waals surface area contributed by atoms with E-state index in [1.807, 2.05) is 0 Å². The van der Waals surface area contributed by atoms with Gasteiger partial charge in [0.05, 0.1) is 12.7 Å². The maximum atomic E-state index is 13.2. The topological polar surface area (TPSA) is 108 Å². The molecule has 4 saturated heterocycles. The summed E-state index contributed by atoms with van der Waals surface area (Å²) < 4.78 is 11.6. The minimum Gasteiger partial charge on any atom is -0.379 e. The van der Waals surface area contributed by atoms with Crippen molar-refractivity contribution in [1.29, 1.82) is 0 Å². The zero-order chi connectivity index (χ0) is 24.0. The van der Waals surface area contributed by atoms with Gasteiger partial charge in [-0.25, -0.2) is 0 Å². The van der Waals surface area contributed by atoms with E-state index in [9.17, 15) is 4.79 Å². The number of carbonyl (C=O) groups excluding carboxylic acids is 1. The molecule has 35 heavy (non-hydrogen) atoms. The average molecular weight is 493 g/mol. The average Bonchev–Trinajstić information content (AvgIpc) is 3.40. The van der Waals surface area contributed by atoms with Crippen molar-refractivity contribution in [2.45, 2.75) is 101 Å². The van der Waals surface area contributed by atoms with Crippen LogP contribution in [-0.2, 0) is 14.3 Å². The molecule has 9 nitrogen and oxygen atoms in total. The Kier molecular flexibility index (Phi) is 9.32. The molecule has 5 aliphatic rings. The quantitative estimate of drug-likeness (QED) is 0.307. The molecule has 0 spiro atoms. The summed E-state index contributed by atoms with van der Waals surface area (Å²) in [5.41, 5.74) is 0. The second-order valence-electron chi connectivity index (χ2n) is 11.6. The number of piperidine rings is 2. The van der Waals surface area contributed by atoms with Crippen molar-refractivity contribution in [1.82, 2.24) is 31.9 Å². The third-order valence-electron chi connectivity index (χ3n) is 8.99. The first-order valence-electron chi connectivity index (χ1n) is 14.4. The number of hydrogen-bond donors (Lipinski definition) is 6. The van der Waals surface area contributed by atoms with E-state index in [4.69, 9.17) is 9.47 Å². The maximum absolute atomic E-state index is 13.2. The molecule has 200 valence electrons. The fourth-order valence-corrected chi connectivity index (χ4v) is 6.73. The van der Waals surface area contributed by atoms with Crippen molar-refractivity contribution >= 4 is 5.91 Å². The number of rotatable bonds is 7. The number of hydrogen-bond acceptors (Lipinski definition) is 8. The molecule has 0 bridgehead atoms. The summed E-state index contributed by atoms with van der Waals surface area (Å²) in [5, 5.41) is 21.8. The molecule has 1 saturated carbocycles. The monoisotopic (exact) mass is 492 g/mol. The zero-order valence-electron chi connectivity index (χ0n) is 21.5. The Hall–Kier alpha value is -0.810. The predicted molar refractivity (Wildman–Crippen MR) is 136 cm³/mol. The molecule has 4 heterocycles. The predicted octanol–water partition coefficient (Wildman–Crippen LogP) is 0.615. The van der Waals surface area contributed by atoms with E-state index in [1.54, 1.807) is 0 Å². The molecule has 0 aromatic rings. The third kappa shape index (κ3) is 7.15. The summed E-state index contributed by atoms with van der Waals surface area (Å²) >= 11 is 0. The van der Waals surface area contributed by atoms with Crippen molar-refractivity contribution in [3.8, 4) is 0 Å². The number of nitrogens with one attached hydrogen (secondary N) is 6. The second kappa shape index (κ2) is 12.6. The van der Waals surface area contributed by atoms with Gasteiger partial charge in [-0.05, 0) is 95.8 Å². The van der Waals surface area contributed by atoms with Crippen LogP contribution in [0.2, 0.25) is 0 Å². The summed E-state index contributed by atoms with van der Waals surface area (Å²) in [7, 11) is 0. The van der Waals surface area contributed by atoms with E-state index < -0.39 is 0 Å². The molecule has 5 rings (SSSR count).